The van der Waals surface area contributed by atoms with Crippen molar-refractivity contribution >= 4 is 0 Å². The number of aliphatic hydroxyl groups excluding tert-OH is 1. The maximum Gasteiger partial charge on any atom is 0.0933 e. The molecule has 19 heavy (non-hydrogen) atoms. The molecule has 2 N–H and O–H groups in total. The molecule has 4 atom stereocenters. The summed E-state index contributed by atoms with van der Waals surface area (Å²) in [6.45, 7) is 5.15. The van der Waals surface area contributed by atoms with Gasteiger partial charge in [-0.05, 0) is 32.7 Å². The van der Waals surface area contributed by atoms with Crippen LogP contribution in [0.25, 0.3) is 0 Å². The molecule has 1 aliphatic heterocycles. The number of ether oxygens (including phenoxy) is 1. The van der Waals surface area contributed by atoms with Crippen LogP contribution in [0.3, 0.4) is 0 Å². The van der Waals surface area contributed by atoms with E-state index in [1.54, 1.807) is 0 Å². The van der Waals surface area contributed by atoms with Gasteiger partial charge in [-0.3, -0.25) is 4.90 Å². The second-order valence-corrected chi connectivity index (χ2v) is 6.23. The molecule has 2 aliphatic rings. The van der Waals surface area contributed by atoms with Crippen LogP contribution in [0.4, 0.5) is 0 Å². The van der Waals surface area contributed by atoms with Gasteiger partial charge in [-0.15, -0.1) is 0 Å². The van der Waals surface area contributed by atoms with Crippen molar-refractivity contribution in [3.05, 3.63) is 0 Å². The molecule has 1 saturated carbocycles. The maximum absolute atomic E-state index is 9.28. The lowest BCUT2D eigenvalue weighted by atomic mass is 9.93. The van der Waals surface area contributed by atoms with Gasteiger partial charge in [0.1, 0.15) is 0 Å². The van der Waals surface area contributed by atoms with E-state index in [1.807, 2.05) is 0 Å². The first-order valence-corrected chi connectivity index (χ1v) is 7.88. The lowest BCUT2D eigenvalue weighted by molar-refractivity contribution is -0.0827. The minimum absolute atomic E-state index is 0.00927. The van der Waals surface area contributed by atoms with Crippen LogP contribution >= 0.6 is 0 Å². The van der Waals surface area contributed by atoms with Crippen LogP contribution in [0.5, 0.6) is 0 Å². The van der Waals surface area contributed by atoms with Gasteiger partial charge in [0.15, 0.2) is 0 Å². The molecule has 4 nitrogen and oxygen atoms in total. The van der Waals surface area contributed by atoms with Crippen molar-refractivity contribution in [2.45, 2.75) is 57.2 Å². The topological polar surface area (TPSA) is 44.7 Å². The first-order chi connectivity index (χ1) is 9.24. The summed E-state index contributed by atoms with van der Waals surface area (Å²) in [5.74, 6) is 0.743. The lowest BCUT2D eigenvalue weighted by Crippen LogP contribution is -2.52. The average Bonchev–Trinajstić information content (AvgIpc) is 2.66. The minimum Gasteiger partial charge on any atom is -0.394 e. The Morgan fingerprint density at radius 3 is 2.79 bits per heavy atom. The van der Waals surface area contributed by atoms with Crippen LogP contribution in [-0.4, -0.2) is 61.5 Å². The van der Waals surface area contributed by atoms with Gasteiger partial charge in [-0.25, -0.2) is 0 Å². The highest BCUT2D eigenvalue weighted by molar-refractivity contribution is 4.85. The highest BCUT2D eigenvalue weighted by Gasteiger charge is 2.30. The van der Waals surface area contributed by atoms with Gasteiger partial charge in [0, 0.05) is 25.2 Å². The lowest BCUT2D eigenvalue weighted by Gasteiger charge is -2.40. The third kappa shape index (κ3) is 4.15. The predicted molar refractivity (Wildman–Crippen MR) is 77.3 cm³/mol. The summed E-state index contributed by atoms with van der Waals surface area (Å²) in [6, 6.07) is 1.13. The molecule has 1 aliphatic carbocycles. The Kier molecular flexibility index (Phi) is 6.07. The van der Waals surface area contributed by atoms with Crippen LogP contribution in [0.15, 0.2) is 0 Å². The average molecular weight is 270 g/mol. The van der Waals surface area contributed by atoms with Crippen molar-refractivity contribution in [1.82, 2.24) is 10.2 Å². The molecule has 0 amide bonds. The Morgan fingerprint density at radius 1 is 1.26 bits per heavy atom. The van der Waals surface area contributed by atoms with Gasteiger partial charge in [-0.1, -0.05) is 19.3 Å². The number of rotatable bonds is 4. The molecule has 1 saturated heterocycles. The molecule has 0 spiro atoms. The molecular formula is C15H30N2O2. The van der Waals surface area contributed by atoms with Crippen molar-refractivity contribution in [3.63, 3.8) is 0 Å². The Morgan fingerprint density at radius 2 is 2.05 bits per heavy atom. The van der Waals surface area contributed by atoms with E-state index >= 15 is 0 Å². The van der Waals surface area contributed by atoms with Gasteiger partial charge in [-0.2, -0.15) is 0 Å². The molecule has 2 fully saturated rings. The van der Waals surface area contributed by atoms with E-state index in [4.69, 9.17) is 4.74 Å². The summed E-state index contributed by atoms with van der Waals surface area (Å²) in [7, 11) is 2.10. The first-order valence-electron chi connectivity index (χ1n) is 7.88. The van der Waals surface area contributed by atoms with Crippen LogP contribution in [0, 0.1) is 5.92 Å². The van der Waals surface area contributed by atoms with Gasteiger partial charge >= 0.3 is 0 Å². The number of nitrogens with one attached hydrogen (secondary N) is 1. The number of hydrogen-bond donors (Lipinski definition) is 2. The third-order valence-corrected chi connectivity index (χ3v) is 4.84. The predicted octanol–water partition coefficient (Wildman–Crippen LogP) is 1.24. The standard InChI is InChI=1S/C15H30N2O2/c1-12-11-19-14(10-18)9-17(12)8-13-6-4-3-5-7-15(13)16-2/h12-16,18H,3-11H2,1-2H3. The van der Waals surface area contributed by atoms with E-state index in [-0.39, 0.29) is 12.7 Å². The highest BCUT2D eigenvalue weighted by atomic mass is 16.5. The largest absolute Gasteiger partial charge is 0.394 e. The van der Waals surface area contributed by atoms with E-state index in [9.17, 15) is 5.11 Å². The van der Waals surface area contributed by atoms with Crippen molar-refractivity contribution in [2.24, 2.45) is 5.92 Å². The Labute approximate surface area is 117 Å². The molecule has 0 aromatic heterocycles. The fourth-order valence-electron chi connectivity index (χ4n) is 3.52. The summed E-state index contributed by atoms with van der Waals surface area (Å²) in [4.78, 5) is 2.52. The molecule has 4 unspecified atom stereocenters. The monoisotopic (exact) mass is 270 g/mol. The fraction of sp³-hybridized carbons (Fsp3) is 1.00. The van der Waals surface area contributed by atoms with Crippen LogP contribution in [0.2, 0.25) is 0 Å². The van der Waals surface area contributed by atoms with Crippen molar-refractivity contribution in [2.75, 3.05) is 33.4 Å². The summed E-state index contributed by atoms with van der Waals surface area (Å²) < 4.78 is 5.63. The summed E-state index contributed by atoms with van der Waals surface area (Å²) >= 11 is 0. The summed E-state index contributed by atoms with van der Waals surface area (Å²) in [5.41, 5.74) is 0. The molecular weight excluding hydrogens is 240 g/mol. The smallest absolute Gasteiger partial charge is 0.0933 e. The van der Waals surface area contributed by atoms with Crippen LogP contribution < -0.4 is 5.32 Å². The van der Waals surface area contributed by atoms with Crippen molar-refractivity contribution in [1.29, 1.82) is 0 Å². The van der Waals surface area contributed by atoms with Gasteiger partial charge in [0.25, 0.3) is 0 Å². The fourth-order valence-corrected chi connectivity index (χ4v) is 3.52. The van der Waals surface area contributed by atoms with Gasteiger partial charge in [0.05, 0.1) is 19.3 Å². The second-order valence-electron chi connectivity index (χ2n) is 6.23. The number of aliphatic hydroxyl groups is 1. The molecule has 0 aromatic rings. The van der Waals surface area contributed by atoms with E-state index in [2.05, 4.69) is 24.2 Å². The number of hydrogen-bond acceptors (Lipinski definition) is 4. The molecule has 4 heteroatoms. The van der Waals surface area contributed by atoms with E-state index in [0.717, 1.165) is 25.6 Å². The molecule has 1 heterocycles. The summed E-state index contributed by atoms with van der Waals surface area (Å²) in [5, 5.41) is 12.8. The van der Waals surface area contributed by atoms with Crippen molar-refractivity contribution in [3.8, 4) is 0 Å². The molecule has 2 rings (SSSR count). The van der Waals surface area contributed by atoms with Crippen LogP contribution in [-0.2, 0) is 4.74 Å². The Balaban J connectivity index is 1.92. The molecule has 0 aromatic carbocycles. The normalized spacial score (nSPS) is 38.1. The minimum atomic E-state index is 0.00927. The third-order valence-electron chi connectivity index (χ3n) is 4.84. The van der Waals surface area contributed by atoms with E-state index < -0.39 is 0 Å². The quantitative estimate of drug-likeness (QED) is 0.754. The maximum atomic E-state index is 9.28. The second kappa shape index (κ2) is 7.58. The number of morpholine rings is 1. The SMILES string of the molecule is CNC1CCCCCC1CN1CC(CO)OCC1C. The zero-order chi connectivity index (χ0) is 13.7. The van der Waals surface area contributed by atoms with Gasteiger partial charge in [0.2, 0.25) is 0 Å². The van der Waals surface area contributed by atoms with E-state index in [0.29, 0.717) is 12.1 Å². The molecule has 0 radical (unpaired) electrons. The van der Waals surface area contributed by atoms with E-state index in [1.165, 1.54) is 32.1 Å². The Bertz CT molecular complexity index is 263. The molecule has 112 valence electrons. The Hall–Kier alpha value is -0.160. The van der Waals surface area contributed by atoms with Gasteiger partial charge < -0.3 is 15.2 Å². The first kappa shape index (κ1) is 15.2. The number of nitrogens with zero attached hydrogens (tertiary/aromatic N) is 1. The molecule has 0 bridgehead atoms. The highest BCUT2D eigenvalue weighted by Crippen LogP contribution is 2.26. The van der Waals surface area contributed by atoms with Crippen LogP contribution in [0.1, 0.15) is 39.0 Å². The zero-order valence-electron chi connectivity index (χ0n) is 12.5. The van der Waals surface area contributed by atoms with Crippen molar-refractivity contribution < 1.29 is 9.84 Å². The zero-order valence-corrected chi connectivity index (χ0v) is 12.5. The summed E-state index contributed by atoms with van der Waals surface area (Å²) in [6.07, 6.45) is 6.76.